The summed E-state index contributed by atoms with van der Waals surface area (Å²) in [6.07, 6.45) is 2.90. The van der Waals surface area contributed by atoms with Crippen LogP contribution in [0.15, 0.2) is 28.7 Å². The summed E-state index contributed by atoms with van der Waals surface area (Å²) in [6, 6.07) is 7.47. The van der Waals surface area contributed by atoms with Crippen molar-refractivity contribution in [1.29, 1.82) is 0 Å². The lowest BCUT2D eigenvalue weighted by Crippen LogP contribution is -2.47. The number of hydrogen-bond donors (Lipinski definition) is 2. The second kappa shape index (κ2) is 6.39. The van der Waals surface area contributed by atoms with Gasteiger partial charge in [-0.05, 0) is 43.5 Å². The average molecular weight is 328 g/mol. The zero-order valence-electron chi connectivity index (χ0n) is 10.7. The highest BCUT2D eigenvalue weighted by Crippen LogP contribution is 2.30. The zero-order chi connectivity index (χ0) is 13.7. The van der Waals surface area contributed by atoms with Gasteiger partial charge in [-0.15, -0.1) is 0 Å². The van der Waals surface area contributed by atoms with Crippen LogP contribution in [0.3, 0.4) is 0 Å². The van der Waals surface area contributed by atoms with Crippen molar-refractivity contribution in [1.82, 2.24) is 5.32 Å². The van der Waals surface area contributed by atoms with Crippen LogP contribution in [0.25, 0.3) is 0 Å². The van der Waals surface area contributed by atoms with Gasteiger partial charge in [-0.1, -0.05) is 15.9 Å². The molecule has 0 saturated heterocycles. The third-order valence-corrected chi connectivity index (χ3v) is 3.84. The maximum Gasteiger partial charge on any atom is 0.223 e. The Labute approximate surface area is 121 Å². The number of amides is 1. The number of hydrogen-bond acceptors (Lipinski definition) is 3. The molecule has 2 N–H and O–H groups in total. The minimum Gasteiger partial charge on any atom is -0.493 e. The summed E-state index contributed by atoms with van der Waals surface area (Å²) in [5, 5.41) is 12.6. The van der Waals surface area contributed by atoms with E-state index in [1.165, 1.54) is 0 Å². The molecule has 1 aliphatic rings. The zero-order valence-corrected chi connectivity index (χ0v) is 12.3. The lowest BCUT2D eigenvalue weighted by molar-refractivity contribution is -0.124. The van der Waals surface area contributed by atoms with Crippen molar-refractivity contribution in [2.75, 3.05) is 13.2 Å². The lowest BCUT2D eigenvalue weighted by atomic mass is 9.80. The first-order valence-corrected chi connectivity index (χ1v) is 7.24. The Kier molecular flexibility index (Phi) is 4.82. The second-order valence-electron chi connectivity index (χ2n) is 4.91. The molecule has 5 heteroatoms. The maximum absolute atomic E-state index is 11.6. The largest absolute Gasteiger partial charge is 0.493 e. The quantitative estimate of drug-likeness (QED) is 0.842. The van der Waals surface area contributed by atoms with Gasteiger partial charge in [0.25, 0.3) is 0 Å². The molecule has 0 atom stereocenters. The van der Waals surface area contributed by atoms with Gasteiger partial charge in [-0.25, -0.2) is 0 Å². The first kappa shape index (κ1) is 14.3. The molecule has 1 aromatic rings. The van der Waals surface area contributed by atoms with Gasteiger partial charge in [-0.2, -0.15) is 0 Å². The molecule has 19 heavy (non-hydrogen) atoms. The molecule has 0 spiro atoms. The Morgan fingerprint density at radius 2 is 2.05 bits per heavy atom. The molecule has 0 aromatic heterocycles. The van der Waals surface area contributed by atoms with Crippen molar-refractivity contribution in [3.05, 3.63) is 28.7 Å². The van der Waals surface area contributed by atoms with Crippen LogP contribution >= 0.6 is 15.9 Å². The van der Waals surface area contributed by atoms with Crippen LogP contribution in [0.1, 0.15) is 25.7 Å². The van der Waals surface area contributed by atoms with Crippen molar-refractivity contribution in [2.45, 2.75) is 31.3 Å². The van der Waals surface area contributed by atoms with Gasteiger partial charge in [-0.3, -0.25) is 4.79 Å². The highest BCUT2D eigenvalue weighted by molar-refractivity contribution is 9.10. The molecule has 1 fully saturated rings. The van der Waals surface area contributed by atoms with Gasteiger partial charge in [0.1, 0.15) is 5.75 Å². The Bertz CT molecular complexity index is 429. The summed E-state index contributed by atoms with van der Waals surface area (Å²) in [7, 11) is 0. The van der Waals surface area contributed by atoms with Gasteiger partial charge in [0.2, 0.25) is 5.91 Å². The third-order valence-electron chi connectivity index (χ3n) is 3.31. The van der Waals surface area contributed by atoms with Gasteiger partial charge >= 0.3 is 0 Å². The molecule has 0 heterocycles. The van der Waals surface area contributed by atoms with E-state index in [4.69, 9.17) is 4.74 Å². The number of halogens is 1. The average Bonchev–Trinajstić information content (AvgIpc) is 2.36. The van der Waals surface area contributed by atoms with E-state index in [9.17, 15) is 9.90 Å². The summed E-state index contributed by atoms with van der Waals surface area (Å²) in [4.78, 5) is 11.6. The molecule has 0 aliphatic heterocycles. The van der Waals surface area contributed by atoms with E-state index < -0.39 is 5.60 Å². The number of carbonyl (C=O) groups is 1. The highest BCUT2D eigenvalue weighted by Gasteiger charge is 2.34. The number of benzene rings is 1. The smallest absolute Gasteiger partial charge is 0.223 e. The van der Waals surface area contributed by atoms with Gasteiger partial charge in [0.15, 0.2) is 0 Å². The first-order chi connectivity index (χ1) is 9.07. The highest BCUT2D eigenvalue weighted by atomic mass is 79.9. The summed E-state index contributed by atoms with van der Waals surface area (Å²) in [5.74, 6) is 0.658. The molecule has 104 valence electrons. The monoisotopic (exact) mass is 327 g/mol. The molecular weight excluding hydrogens is 310 g/mol. The SMILES string of the molecule is O=C(CCOc1ccc(Br)cc1)NCC1(O)CCC1. The van der Waals surface area contributed by atoms with Crippen molar-refractivity contribution in [3.8, 4) is 5.75 Å². The second-order valence-corrected chi connectivity index (χ2v) is 5.82. The topological polar surface area (TPSA) is 58.6 Å². The first-order valence-electron chi connectivity index (χ1n) is 6.45. The van der Waals surface area contributed by atoms with Crippen molar-refractivity contribution >= 4 is 21.8 Å². The fraction of sp³-hybridized carbons (Fsp3) is 0.500. The summed E-state index contributed by atoms with van der Waals surface area (Å²) in [6.45, 7) is 0.690. The maximum atomic E-state index is 11.6. The standard InChI is InChI=1S/C14H18BrNO3/c15-11-2-4-12(5-3-11)19-9-6-13(17)16-10-14(18)7-1-8-14/h2-5,18H,1,6-10H2,(H,16,17). The number of rotatable bonds is 6. The molecule has 0 bridgehead atoms. The number of nitrogens with one attached hydrogen (secondary N) is 1. The van der Waals surface area contributed by atoms with E-state index in [-0.39, 0.29) is 5.91 Å². The number of carbonyl (C=O) groups excluding carboxylic acids is 1. The Morgan fingerprint density at radius 3 is 2.63 bits per heavy atom. The normalized spacial score (nSPS) is 16.5. The van der Waals surface area contributed by atoms with Crippen LogP contribution in [0.5, 0.6) is 5.75 Å². The van der Waals surface area contributed by atoms with E-state index in [2.05, 4.69) is 21.2 Å². The molecule has 0 unspecified atom stereocenters. The van der Waals surface area contributed by atoms with Gasteiger partial charge in [0.05, 0.1) is 18.6 Å². The molecule has 1 saturated carbocycles. The Balaban J connectivity index is 1.62. The fourth-order valence-corrected chi connectivity index (χ4v) is 2.17. The minimum absolute atomic E-state index is 0.0857. The van der Waals surface area contributed by atoms with E-state index >= 15 is 0 Å². The lowest BCUT2D eigenvalue weighted by Gasteiger charge is -2.36. The third kappa shape index (κ3) is 4.51. The predicted octanol–water partition coefficient (Wildman–Crippen LogP) is 2.25. The molecule has 1 aliphatic carbocycles. The van der Waals surface area contributed by atoms with Gasteiger partial charge < -0.3 is 15.2 Å². The molecule has 2 rings (SSSR count). The molecule has 0 radical (unpaired) electrons. The van der Waals surface area contributed by atoms with Crippen LogP contribution in [0.4, 0.5) is 0 Å². The van der Waals surface area contributed by atoms with E-state index in [1.807, 2.05) is 24.3 Å². The summed E-state index contributed by atoms with van der Waals surface area (Å²) in [5.41, 5.74) is -0.664. The number of ether oxygens (including phenoxy) is 1. The van der Waals surface area contributed by atoms with Crippen LogP contribution < -0.4 is 10.1 Å². The number of aliphatic hydroxyl groups is 1. The van der Waals surface area contributed by atoms with Crippen LogP contribution in [-0.4, -0.2) is 29.8 Å². The predicted molar refractivity (Wildman–Crippen MR) is 76.1 cm³/mol. The van der Waals surface area contributed by atoms with Crippen molar-refractivity contribution in [2.24, 2.45) is 0 Å². The van der Waals surface area contributed by atoms with Crippen LogP contribution in [-0.2, 0) is 4.79 Å². The fourth-order valence-electron chi connectivity index (χ4n) is 1.91. The van der Waals surface area contributed by atoms with Crippen molar-refractivity contribution in [3.63, 3.8) is 0 Å². The van der Waals surface area contributed by atoms with Crippen LogP contribution in [0.2, 0.25) is 0 Å². The molecule has 1 aromatic carbocycles. The van der Waals surface area contributed by atoms with Crippen LogP contribution in [0, 0.1) is 0 Å². The molecule has 1 amide bonds. The summed E-state index contributed by atoms with van der Waals surface area (Å²) < 4.78 is 6.45. The molecule has 4 nitrogen and oxygen atoms in total. The Morgan fingerprint density at radius 1 is 1.37 bits per heavy atom. The molecular formula is C14H18BrNO3. The van der Waals surface area contributed by atoms with E-state index in [0.29, 0.717) is 19.6 Å². The minimum atomic E-state index is -0.664. The van der Waals surface area contributed by atoms with Gasteiger partial charge in [0, 0.05) is 11.0 Å². The summed E-state index contributed by atoms with van der Waals surface area (Å²) >= 11 is 3.34. The van der Waals surface area contributed by atoms with Crippen molar-refractivity contribution < 1.29 is 14.6 Å². The Hall–Kier alpha value is -1.07. The van der Waals surface area contributed by atoms with E-state index in [0.717, 1.165) is 29.5 Å². The van der Waals surface area contributed by atoms with E-state index in [1.54, 1.807) is 0 Å².